The first-order chi connectivity index (χ1) is 9.11. The lowest BCUT2D eigenvalue weighted by Gasteiger charge is -2.36. The van der Waals surface area contributed by atoms with Crippen molar-refractivity contribution >= 4 is 15.9 Å². The lowest BCUT2D eigenvalue weighted by atomic mass is 9.71. The standard InChI is InChI=1S/C15H20BrFO2/c16-14-6-5-13(17)7-11(14)8-15(9-18,10-19)12-3-1-2-4-12/h5-7,12,18-19H,1-4,8-10H2. The summed E-state index contributed by atoms with van der Waals surface area (Å²) >= 11 is 3.42. The normalized spacial score (nSPS) is 17.1. The Kier molecular flexibility index (Phi) is 4.98. The van der Waals surface area contributed by atoms with E-state index in [0.717, 1.165) is 35.7 Å². The number of hydrogen-bond donors (Lipinski definition) is 2. The summed E-state index contributed by atoms with van der Waals surface area (Å²) in [6.07, 6.45) is 4.87. The Morgan fingerprint density at radius 2 is 1.84 bits per heavy atom. The van der Waals surface area contributed by atoms with Crippen molar-refractivity contribution in [3.8, 4) is 0 Å². The zero-order valence-corrected chi connectivity index (χ0v) is 12.5. The van der Waals surface area contributed by atoms with Crippen LogP contribution in [0.2, 0.25) is 0 Å². The van der Waals surface area contributed by atoms with Crippen LogP contribution >= 0.6 is 15.9 Å². The molecule has 1 aromatic rings. The molecule has 2 N–H and O–H groups in total. The van der Waals surface area contributed by atoms with Gasteiger partial charge in [-0.3, -0.25) is 0 Å². The van der Waals surface area contributed by atoms with Crippen molar-refractivity contribution < 1.29 is 14.6 Å². The molecule has 0 amide bonds. The molecule has 1 saturated carbocycles. The summed E-state index contributed by atoms with van der Waals surface area (Å²) in [5.74, 6) is 0.0343. The largest absolute Gasteiger partial charge is 0.396 e. The van der Waals surface area contributed by atoms with Crippen molar-refractivity contribution in [1.82, 2.24) is 0 Å². The van der Waals surface area contributed by atoms with Gasteiger partial charge in [0, 0.05) is 9.89 Å². The van der Waals surface area contributed by atoms with Crippen LogP contribution in [0.15, 0.2) is 22.7 Å². The quantitative estimate of drug-likeness (QED) is 0.869. The van der Waals surface area contributed by atoms with Crippen molar-refractivity contribution in [3.05, 3.63) is 34.1 Å². The molecule has 4 heteroatoms. The van der Waals surface area contributed by atoms with Gasteiger partial charge in [-0.05, 0) is 48.9 Å². The molecule has 1 aliphatic rings. The topological polar surface area (TPSA) is 40.5 Å². The lowest BCUT2D eigenvalue weighted by molar-refractivity contribution is 0.00553. The number of halogens is 2. The third kappa shape index (κ3) is 3.18. The molecule has 0 aliphatic heterocycles. The van der Waals surface area contributed by atoms with E-state index in [4.69, 9.17) is 0 Å². The summed E-state index contributed by atoms with van der Waals surface area (Å²) in [4.78, 5) is 0. The van der Waals surface area contributed by atoms with E-state index in [-0.39, 0.29) is 19.0 Å². The zero-order valence-electron chi connectivity index (χ0n) is 10.9. The van der Waals surface area contributed by atoms with Gasteiger partial charge in [0.25, 0.3) is 0 Å². The molecule has 2 rings (SSSR count). The molecule has 0 atom stereocenters. The second-order valence-corrected chi connectivity index (χ2v) is 6.43. The molecule has 0 heterocycles. The van der Waals surface area contributed by atoms with Gasteiger partial charge in [0.15, 0.2) is 0 Å². The molecular weight excluding hydrogens is 311 g/mol. The Morgan fingerprint density at radius 1 is 1.21 bits per heavy atom. The molecule has 1 aromatic carbocycles. The molecule has 0 radical (unpaired) electrons. The molecule has 0 saturated heterocycles. The van der Waals surface area contributed by atoms with Gasteiger partial charge in [-0.15, -0.1) is 0 Å². The van der Waals surface area contributed by atoms with Gasteiger partial charge in [0.1, 0.15) is 5.82 Å². The van der Waals surface area contributed by atoms with Crippen LogP contribution in [0.3, 0.4) is 0 Å². The smallest absolute Gasteiger partial charge is 0.123 e. The molecule has 0 bridgehead atoms. The van der Waals surface area contributed by atoms with E-state index in [9.17, 15) is 14.6 Å². The predicted molar refractivity (Wildman–Crippen MR) is 76.4 cm³/mol. The second kappa shape index (κ2) is 6.33. The fourth-order valence-electron chi connectivity index (χ4n) is 3.16. The summed E-state index contributed by atoms with van der Waals surface area (Å²) in [7, 11) is 0. The van der Waals surface area contributed by atoms with Gasteiger partial charge in [-0.25, -0.2) is 4.39 Å². The fraction of sp³-hybridized carbons (Fsp3) is 0.600. The van der Waals surface area contributed by atoms with Gasteiger partial charge in [0.2, 0.25) is 0 Å². The summed E-state index contributed by atoms with van der Waals surface area (Å²) in [5.41, 5.74) is 0.280. The molecule has 0 unspecified atom stereocenters. The first-order valence-corrected chi connectivity index (χ1v) is 7.56. The van der Waals surface area contributed by atoms with Crippen LogP contribution in [0.5, 0.6) is 0 Å². The minimum absolute atomic E-state index is 0.0584. The third-order valence-electron chi connectivity index (χ3n) is 4.40. The third-order valence-corrected chi connectivity index (χ3v) is 5.17. The Balaban J connectivity index is 2.27. The van der Waals surface area contributed by atoms with E-state index in [1.807, 2.05) is 0 Å². The van der Waals surface area contributed by atoms with E-state index in [2.05, 4.69) is 15.9 Å². The summed E-state index contributed by atoms with van der Waals surface area (Å²) in [6.45, 7) is -0.117. The molecule has 1 aliphatic carbocycles. The van der Waals surface area contributed by atoms with Gasteiger partial charge in [-0.2, -0.15) is 0 Å². The molecule has 0 aromatic heterocycles. The molecule has 2 nitrogen and oxygen atoms in total. The van der Waals surface area contributed by atoms with Crippen molar-refractivity contribution in [3.63, 3.8) is 0 Å². The first kappa shape index (κ1) is 14.9. The zero-order chi connectivity index (χ0) is 13.9. The van der Waals surface area contributed by atoms with E-state index in [1.54, 1.807) is 6.07 Å². The maximum atomic E-state index is 13.4. The second-order valence-electron chi connectivity index (χ2n) is 5.57. The Labute approximate surface area is 121 Å². The summed E-state index contributed by atoms with van der Waals surface area (Å²) in [5, 5.41) is 19.6. The van der Waals surface area contributed by atoms with Gasteiger partial charge >= 0.3 is 0 Å². The number of aliphatic hydroxyl groups is 2. The van der Waals surface area contributed by atoms with Crippen molar-refractivity contribution in [2.45, 2.75) is 32.1 Å². The number of rotatable bonds is 5. The monoisotopic (exact) mass is 330 g/mol. The highest BCUT2D eigenvalue weighted by Crippen LogP contribution is 2.42. The van der Waals surface area contributed by atoms with Crippen LogP contribution in [-0.2, 0) is 6.42 Å². The molecule has 106 valence electrons. The minimum atomic E-state index is -0.535. The van der Waals surface area contributed by atoms with Gasteiger partial charge in [-0.1, -0.05) is 28.8 Å². The van der Waals surface area contributed by atoms with Crippen LogP contribution in [0.25, 0.3) is 0 Å². The van der Waals surface area contributed by atoms with Crippen LogP contribution in [0.1, 0.15) is 31.2 Å². The average Bonchev–Trinajstić information content (AvgIpc) is 2.94. The summed E-state index contributed by atoms with van der Waals surface area (Å²) < 4.78 is 14.2. The highest BCUT2D eigenvalue weighted by molar-refractivity contribution is 9.10. The SMILES string of the molecule is OCC(CO)(Cc1cc(F)ccc1Br)C1CCCC1. The highest BCUT2D eigenvalue weighted by Gasteiger charge is 2.39. The van der Waals surface area contributed by atoms with Crippen LogP contribution in [0, 0.1) is 17.2 Å². The van der Waals surface area contributed by atoms with Crippen molar-refractivity contribution in [2.75, 3.05) is 13.2 Å². The van der Waals surface area contributed by atoms with Gasteiger partial charge < -0.3 is 10.2 Å². The minimum Gasteiger partial charge on any atom is -0.396 e. The van der Waals surface area contributed by atoms with Crippen LogP contribution < -0.4 is 0 Å². The molecule has 0 spiro atoms. The van der Waals surface area contributed by atoms with E-state index in [1.165, 1.54) is 12.1 Å². The van der Waals surface area contributed by atoms with Crippen LogP contribution in [-0.4, -0.2) is 23.4 Å². The number of benzene rings is 1. The summed E-state index contributed by atoms with van der Waals surface area (Å²) in [6, 6.07) is 4.57. The Morgan fingerprint density at radius 3 is 2.42 bits per heavy atom. The maximum absolute atomic E-state index is 13.4. The first-order valence-electron chi connectivity index (χ1n) is 6.77. The molecule has 1 fully saturated rings. The maximum Gasteiger partial charge on any atom is 0.123 e. The average molecular weight is 331 g/mol. The molecular formula is C15H20BrFO2. The molecule has 19 heavy (non-hydrogen) atoms. The number of hydrogen-bond acceptors (Lipinski definition) is 2. The Bertz CT molecular complexity index is 426. The van der Waals surface area contributed by atoms with E-state index in [0.29, 0.717) is 12.3 Å². The van der Waals surface area contributed by atoms with E-state index < -0.39 is 5.41 Å². The number of aliphatic hydroxyl groups excluding tert-OH is 2. The van der Waals surface area contributed by atoms with Crippen molar-refractivity contribution in [2.24, 2.45) is 11.3 Å². The highest BCUT2D eigenvalue weighted by atomic mass is 79.9. The fourth-order valence-corrected chi connectivity index (χ4v) is 3.55. The van der Waals surface area contributed by atoms with Crippen LogP contribution in [0.4, 0.5) is 4.39 Å². The van der Waals surface area contributed by atoms with E-state index >= 15 is 0 Å². The Hall–Kier alpha value is -0.450. The van der Waals surface area contributed by atoms with Crippen molar-refractivity contribution in [1.29, 1.82) is 0 Å². The lowest BCUT2D eigenvalue weighted by Crippen LogP contribution is -2.39. The van der Waals surface area contributed by atoms with Gasteiger partial charge in [0.05, 0.1) is 13.2 Å². The predicted octanol–water partition coefficient (Wildman–Crippen LogP) is 3.29.